The SMILES string of the molecule is CCOC(=O)N1CCN([C@H](c2ccsc2)c2c(NC(=O)c3cccs3)sc(C)c2C)CC1. The molecule has 1 aliphatic heterocycles. The average molecular weight is 490 g/mol. The minimum absolute atomic E-state index is 0.0224. The van der Waals surface area contributed by atoms with E-state index < -0.39 is 0 Å². The lowest BCUT2D eigenvalue weighted by atomic mass is 9.96. The first-order valence-corrected chi connectivity index (χ1v) is 13.3. The number of hydrogen-bond acceptors (Lipinski definition) is 7. The summed E-state index contributed by atoms with van der Waals surface area (Å²) in [5.41, 5.74) is 3.58. The lowest BCUT2D eigenvalue weighted by Crippen LogP contribution is -2.50. The molecule has 1 atom stereocenters. The summed E-state index contributed by atoms with van der Waals surface area (Å²) >= 11 is 4.75. The molecule has 6 nitrogen and oxygen atoms in total. The maximum Gasteiger partial charge on any atom is 0.409 e. The summed E-state index contributed by atoms with van der Waals surface area (Å²) in [4.78, 5) is 31.1. The van der Waals surface area contributed by atoms with Gasteiger partial charge in [-0.3, -0.25) is 9.69 Å². The van der Waals surface area contributed by atoms with Gasteiger partial charge in [0.15, 0.2) is 0 Å². The first-order valence-electron chi connectivity index (χ1n) is 10.6. The highest BCUT2D eigenvalue weighted by Gasteiger charge is 2.33. The molecule has 0 spiro atoms. The highest BCUT2D eigenvalue weighted by Crippen LogP contribution is 2.43. The Morgan fingerprint density at radius 1 is 1.16 bits per heavy atom. The standard InChI is InChI=1S/C23H27N3O3S3/c1-4-29-23(28)26-10-8-25(9-11-26)20(17-7-13-30-14-17)19-15(2)16(3)32-22(19)24-21(27)18-6-5-12-31-18/h5-7,12-14,20H,4,8-11H2,1-3H3,(H,24,27)/t20-/m1/s1. The fourth-order valence-electron chi connectivity index (χ4n) is 4.01. The van der Waals surface area contributed by atoms with Gasteiger partial charge in [-0.05, 0) is 60.2 Å². The quantitative estimate of drug-likeness (QED) is 0.489. The molecule has 9 heteroatoms. The van der Waals surface area contributed by atoms with E-state index in [1.165, 1.54) is 27.3 Å². The van der Waals surface area contributed by atoms with Gasteiger partial charge in [-0.25, -0.2) is 4.79 Å². The number of nitrogens with one attached hydrogen (secondary N) is 1. The number of anilines is 1. The number of carbonyl (C=O) groups is 2. The minimum atomic E-state index is -0.245. The fraction of sp³-hybridized carbons (Fsp3) is 0.391. The van der Waals surface area contributed by atoms with Crippen molar-refractivity contribution in [2.24, 2.45) is 0 Å². The number of amides is 2. The molecule has 1 aliphatic rings. The molecule has 32 heavy (non-hydrogen) atoms. The highest BCUT2D eigenvalue weighted by atomic mass is 32.1. The van der Waals surface area contributed by atoms with Gasteiger partial charge in [0.05, 0.1) is 17.5 Å². The Balaban J connectivity index is 1.64. The van der Waals surface area contributed by atoms with E-state index in [0.717, 1.165) is 23.7 Å². The van der Waals surface area contributed by atoms with Crippen molar-refractivity contribution in [3.8, 4) is 0 Å². The lowest BCUT2D eigenvalue weighted by molar-refractivity contribution is 0.0715. The topological polar surface area (TPSA) is 61.9 Å². The number of rotatable bonds is 6. The summed E-state index contributed by atoms with van der Waals surface area (Å²) in [6, 6.07) is 5.92. The normalized spacial score (nSPS) is 15.5. The van der Waals surface area contributed by atoms with Crippen molar-refractivity contribution in [2.45, 2.75) is 26.8 Å². The minimum Gasteiger partial charge on any atom is -0.450 e. The van der Waals surface area contributed by atoms with Gasteiger partial charge in [-0.1, -0.05) is 6.07 Å². The number of thiophene rings is 3. The van der Waals surface area contributed by atoms with Crippen LogP contribution in [0.2, 0.25) is 0 Å². The molecule has 4 rings (SSSR count). The molecule has 0 radical (unpaired) electrons. The summed E-state index contributed by atoms with van der Waals surface area (Å²) in [6.07, 6.45) is -0.245. The average Bonchev–Trinajstić information content (AvgIpc) is 3.55. The van der Waals surface area contributed by atoms with Crippen LogP contribution in [-0.4, -0.2) is 54.6 Å². The van der Waals surface area contributed by atoms with Crippen molar-refractivity contribution in [2.75, 3.05) is 38.1 Å². The maximum absolute atomic E-state index is 12.8. The second-order valence-corrected chi connectivity index (χ2v) is 10.6. The number of aryl methyl sites for hydroxylation is 1. The molecule has 0 aromatic carbocycles. The molecule has 0 bridgehead atoms. The molecular weight excluding hydrogens is 462 g/mol. The Bertz CT molecular complexity index is 1050. The van der Waals surface area contributed by atoms with Crippen molar-refractivity contribution < 1.29 is 14.3 Å². The van der Waals surface area contributed by atoms with Crippen LogP contribution in [0.5, 0.6) is 0 Å². The molecule has 0 saturated carbocycles. The number of hydrogen-bond donors (Lipinski definition) is 1. The molecule has 0 unspecified atom stereocenters. The van der Waals surface area contributed by atoms with Crippen LogP contribution in [0.4, 0.5) is 9.80 Å². The van der Waals surface area contributed by atoms with Crippen molar-refractivity contribution in [3.05, 3.63) is 60.8 Å². The molecule has 1 N–H and O–H groups in total. The summed E-state index contributed by atoms with van der Waals surface area (Å²) in [6.45, 7) is 9.19. The Hall–Kier alpha value is -2.20. The van der Waals surface area contributed by atoms with E-state index in [-0.39, 0.29) is 18.0 Å². The Labute approximate surface area is 200 Å². The maximum atomic E-state index is 12.8. The summed E-state index contributed by atoms with van der Waals surface area (Å²) < 4.78 is 5.18. The number of piperazine rings is 1. The lowest BCUT2D eigenvalue weighted by Gasteiger charge is -2.39. The molecule has 2 amide bonds. The zero-order chi connectivity index (χ0) is 22.7. The molecule has 4 heterocycles. The molecular formula is C23H27N3O3S3. The zero-order valence-electron chi connectivity index (χ0n) is 18.4. The molecule has 1 fully saturated rings. The molecule has 3 aromatic heterocycles. The third-order valence-electron chi connectivity index (χ3n) is 5.74. The monoisotopic (exact) mass is 489 g/mol. The smallest absolute Gasteiger partial charge is 0.409 e. The van der Waals surface area contributed by atoms with Crippen LogP contribution in [0.3, 0.4) is 0 Å². The first kappa shape index (κ1) is 23.0. The van der Waals surface area contributed by atoms with E-state index in [1.807, 2.05) is 24.4 Å². The van der Waals surface area contributed by atoms with Gasteiger partial charge >= 0.3 is 6.09 Å². The second kappa shape index (κ2) is 10.2. The van der Waals surface area contributed by atoms with E-state index in [9.17, 15) is 9.59 Å². The van der Waals surface area contributed by atoms with Gasteiger partial charge in [0.2, 0.25) is 0 Å². The van der Waals surface area contributed by atoms with Crippen LogP contribution >= 0.6 is 34.0 Å². The van der Waals surface area contributed by atoms with Crippen LogP contribution in [0.1, 0.15) is 44.2 Å². The number of carbonyl (C=O) groups excluding carboxylic acids is 2. The van der Waals surface area contributed by atoms with Crippen LogP contribution in [0, 0.1) is 13.8 Å². The van der Waals surface area contributed by atoms with Gasteiger partial charge in [-0.2, -0.15) is 11.3 Å². The van der Waals surface area contributed by atoms with Gasteiger partial charge in [-0.15, -0.1) is 22.7 Å². The van der Waals surface area contributed by atoms with E-state index in [4.69, 9.17) is 4.74 Å². The Kier molecular flexibility index (Phi) is 7.30. The van der Waals surface area contributed by atoms with Crippen molar-refractivity contribution in [1.82, 2.24) is 9.80 Å². The van der Waals surface area contributed by atoms with Gasteiger partial charge in [0, 0.05) is 36.6 Å². The largest absolute Gasteiger partial charge is 0.450 e. The fourth-order valence-corrected chi connectivity index (χ4v) is 6.39. The number of ether oxygens (including phenoxy) is 1. The van der Waals surface area contributed by atoms with E-state index in [2.05, 4.69) is 40.9 Å². The second-order valence-electron chi connectivity index (χ2n) is 7.64. The summed E-state index contributed by atoms with van der Waals surface area (Å²) in [5.74, 6) is -0.0706. The van der Waals surface area contributed by atoms with E-state index in [1.54, 1.807) is 27.6 Å². The van der Waals surface area contributed by atoms with Crippen molar-refractivity contribution >= 4 is 51.0 Å². The third kappa shape index (κ3) is 4.76. The zero-order valence-corrected chi connectivity index (χ0v) is 20.9. The Morgan fingerprint density at radius 3 is 2.56 bits per heavy atom. The molecule has 1 saturated heterocycles. The van der Waals surface area contributed by atoms with Crippen LogP contribution in [-0.2, 0) is 4.74 Å². The van der Waals surface area contributed by atoms with Crippen LogP contribution in [0.15, 0.2) is 34.3 Å². The first-order chi connectivity index (χ1) is 15.5. The third-order valence-corrected chi connectivity index (χ3v) is 8.45. The van der Waals surface area contributed by atoms with Crippen LogP contribution in [0.25, 0.3) is 0 Å². The molecule has 0 aliphatic carbocycles. The van der Waals surface area contributed by atoms with E-state index >= 15 is 0 Å². The summed E-state index contributed by atoms with van der Waals surface area (Å²) in [7, 11) is 0. The van der Waals surface area contributed by atoms with Gasteiger partial charge in [0.1, 0.15) is 5.00 Å². The van der Waals surface area contributed by atoms with Crippen LogP contribution < -0.4 is 5.32 Å². The van der Waals surface area contributed by atoms with E-state index in [0.29, 0.717) is 24.6 Å². The molecule has 170 valence electrons. The van der Waals surface area contributed by atoms with Crippen molar-refractivity contribution in [1.29, 1.82) is 0 Å². The van der Waals surface area contributed by atoms with Gasteiger partial charge in [0.25, 0.3) is 5.91 Å². The number of nitrogens with zero attached hydrogens (tertiary/aromatic N) is 2. The van der Waals surface area contributed by atoms with Gasteiger partial charge < -0.3 is 15.0 Å². The van der Waals surface area contributed by atoms with Crippen molar-refractivity contribution in [3.63, 3.8) is 0 Å². The molecule has 3 aromatic rings. The summed E-state index contributed by atoms with van der Waals surface area (Å²) in [5, 5.41) is 10.3. The predicted octanol–water partition coefficient (Wildman–Crippen LogP) is 5.60. The highest BCUT2D eigenvalue weighted by molar-refractivity contribution is 7.17. The Morgan fingerprint density at radius 2 is 1.94 bits per heavy atom. The predicted molar refractivity (Wildman–Crippen MR) is 132 cm³/mol.